The molecule has 0 unspecified atom stereocenters. The largest absolute Gasteiger partial charge is 0.468 e. The normalized spacial score (nSPS) is 21.6. The van der Waals surface area contributed by atoms with Gasteiger partial charge < -0.3 is 9.15 Å². The summed E-state index contributed by atoms with van der Waals surface area (Å²) in [5, 5.41) is 0. The Bertz CT molecular complexity index is 532. The summed E-state index contributed by atoms with van der Waals surface area (Å²) >= 11 is 0. The number of carbonyl (C=O) groups is 1. The fourth-order valence-electron chi connectivity index (χ4n) is 2.33. The van der Waals surface area contributed by atoms with Gasteiger partial charge in [0.2, 0.25) is 0 Å². The van der Waals surface area contributed by atoms with Crippen LogP contribution < -0.4 is 0 Å². The first-order chi connectivity index (χ1) is 9.06. The van der Waals surface area contributed by atoms with Crippen molar-refractivity contribution in [2.75, 3.05) is 0 Å². The number of aryl methyl sites for hydroxylation is 1. The lowest BCUT2D eigenvalue weighted by Crippen LogP contribution is -2.02. The smallest absolute Gasteiger partial charge is 0.307 e. The Hall–Kier alpha value is -1.77. The summed E-state index contributed by atoms with van der Waals surface area (Å²) in [4.78, 5) is 11.1. The van der Waals surface area contributed by atoms with Gasteiger partial charge in [0.25, 0.3) is 0 Å². The number of rotatable bonds is 1. The van der Waals surface area contributed by atoms with Gasteiger partial charge in [0.15, 0.2) is 0 Å². The first-order valence-electron chi connectivity index (χ1n) is 6.65. The Kier molecular flexibility index (Phi) is 4.25. The average molecular weight is 260 g/mol. The van der Waals surface area contributed by atoms with Gasteiger partial charge in [-0.1, -0.05) is 11.6 Å². The zero-order valence-electron chi connectivity index (χ0n) is 11.8. The summed E-state index contributed by atoms with van der Waals surface area (Å²) in [6.07, 6.45) is 9.26. The quantitative estimate of drug-likeness (QED) is 0.568. The molecule has 0 N–H and O–H groups in total. The van der Waals surface area contributed by atoms with E-state index in [2.05, 4.69) is 13.0 Å². The van der Waals surface area contributed by atoms with Crippen LogP contribution >= 0.6 is 0 Å². The van der Waals surface area contributed by atoms with Crippen LogP contribution in [-0.2, 0) is 22.4 Å². The van der Waals surface area contributed by atoms with Crippen molar-refractivity contribution in [2.45, 2.75) is 46.5 Å². The van der Waals surface area contributed by atoms with Gasteiger partial charge in [0, 0.05) is 25.3 Å². The first-order valence-corrected chi connectivity index (χ1v) is 6.65. The molecule has 2 rings (SSSR count). The number of ether oxygens (including phenoxy) is 1. The van der Waals surface area contributed by atoms with Gasteiger partial charge in [0.05, 0.1) is 6.26 Å². The van der Waals surface area contributed by atoms with Crippen LogP contribution in [0, 0.1) is 6.92 Å². The topological polar surface area (TPSA) is 39.4 Å². The number of hydrogen-bond acceptors (Lipinski definition) is 3. The summed E-state index contributed by atoms with van der Waals surface area (Å²) in [5.74, 6) is 1.52. The molecule has 0 aromatic carbocycles. The van der Waals surface area contributed by atoms with Crippen LogP contribution in [0.25, 0.3) is 0 Å². The van der Waals surface area contributed by atoms with Crippen molar-refractivity contribution in [1.29, 1.82) is 0 Å². The SMILES string of the molecule is CC(=O)O/C1=C/Cc2c(C)coc2C/C(C)=C/CC1. The van der Waals surface area contributed by atoms with Crippen LogP contribution in [0.4, 0.5) is 0 Å². The molecule has 0 saturated carbocycles. The Labute approximate surface area is 113 Å². The second-order valence-corrected chi connectivity index (χ2v) is 5.05. The molecule has 1 aromatic heterocycles. The molecular weight excluding hydrogens is 240 g/mol. The van der Waals surface area contributed by atoms with Crippen molar-refractivity contribution in [3.8, 4) is 0 Å². The monoisotopic (exact) mass is 260 g/mol. The van der Waals surface area contributed by atoms with E-state index in [1.165, 1.54) is 18.1 Å². The van der Waals surface area contributed by atoms with Crippen LogP contribution in [0.2, 0.25) is 0 Å². The highest BCUT2D eigenvalue weighted by atomic mass is 16.5. The second-order valence-electron chi connectivity index (χ2n) is 5.05. The van der Waals surface area contributed by atoms with Crippen LogP contribution in [0.1, 0.15) is 43.6 Å². The highest BCUT2D eigenvalue weighted by Gasteiger charge is 2.13. The molecule has 0 atom stereocenters. The van der Waals surface area contributed by atoms with E-state index in [4.69, 9.17) is 9.15 Å². The molecule has 1 aliphatic rings. The second kappa shape index (κ2) is 5.91. The van der Waals surface area contributed by atoms with Crippen molar-refractivity contribution in [2.24, 2.45) is 0 Å². The van der Waals surface area contributed by atoms with E-state index in [1.807, 2.05) is 13.0 Å². The fraction of sp³-hybridized carbons (Fsp3) is 0.438. The van der Waals surface area contributed by atoms with Crippen molar-refractivity contribution in [3.05, 3.63) is 46.6 Å². The predicted molar refractivity (Wildman–Crippen MR) is 73.7 cm³/mol. The zero-order chi connectivity index (χ0) is 13.8. The van der Waals surface area contributed by atoms with E-state index in [-0.39, 0.29) is 5.97 Å². The summed E-state index contributed by atoms with van der Waals surface area (Å²) in [5.41, 5.74) is 3.65. The molecule has 3 nitrogen and oxygen atoms in total. The number of furan rings is 1. The zero-order valence-corrected chi connectivity index (χ0v) is 11.8. The van der Waals surface area contributed by atoms with Crippen molar-refractivity contribution >= 4 is 5.97 Å². The van der Waals surface area contributed by atoms with E-state index < -0.39 is 0 Å². The third kappa shape index (κ3) is 3.60. The molecule has 0 aliphatic heterocycles. The minimum atomic E-state index is -0.256. The molecule has 0 saturated heterocycles. The maximum absolute atomic E-state index is 11.1. The molecule has 1 heterocycles. The van der Waals surface area contributed by atoms with Gasteiger partial charge in [0.1, 0.15) is 11.5 Å². The molecule has 0 bridgehead atoms. The Morgan fingerprint density at radius 2 is 2.11 bits per heavy atom. The van der Waals surface area contributed by atoms with Crippen molar-refractivity contribution < 1.29 is 13.9 Å². The summed E-state index contributed by atoms with van der Waals surface area (Å²) in [7, 11) is 0. The molecule has 0 fully saturated rings. The lowest BCUT2D eigenvalue weighted by atomic mass is 10.0. The lowest BCUT2D eigenvalue weighted by Gasteiger charge is -2.09. The Balaban J connectivity index is 2.30. The van der Waals surface area contributed by atoms with Crippen molar-refractivity contribution in [3.63, 3.8) is 0 Å². The number of esters is 1. The van der Waals surface area contributed by atoms with Gasteiger partial charge in [-0.3, -0.25) is 4.79 Å². The minimum absolute atomic E-state index is 0.256. The average Bonchev–Trinajstić information content (AvgIpc) is 2.66. The Morgan fingerprint density at radius 1 is 1.32 bits per heavy atom. The third-order valence-electron chi connectivity index (χ3n) is 3.32. The number of hydrogen-bond donors (Lipinski definition) is 0. The van der Waals surface area contributed by atoms with Gasteiger partial charge in [-0.25, -0.2) is 0 Å². The number of fused-ring (bicyclic) bond motifs is 1. The van der Waals surface area contributed by atoms with Gasteiger partial charge in [-0.05, 0) is 38.3 Å². The fourth-order valence-corrected chi connectivity index (χ4v) is 2.33. The molecule has 19 heavy (non-hydrogen) atoms. The summed E-state index contributed by atoms with van der Waals surface area (Å²) in [6, 6.07) is 0. The van der Waals surface area contributed by atoms with Crippen LogP contribution in [0.3, 0.4) is 0 Å². The predicted octanol–water partition coefficient (Wildman–Crippen LogP) is 3.86. The highest BCUT2D eigenvalue weighted by Crippen LogP contribution is 2.23. The van der Waals surface area contributed by atoms with Crippen molar-refractivity contribution in [1.82, 2.24) is 0 Å². The van der Waals surface area contributed by atoms with E-state index in [0.717, 1.165) is 42.8 Å². The molecule has 1 aromatic rings. The summed E-state index contributed by atoms with van der Waals surface area (Å²) in [6.45, 7) is 5.60. The molecule has 102 valence electrons. The van der Waals surface area contributed by atoms with Gasteiger partial charge >= 0.3 is 5.97 Å². The maximum atomic E-state index is 11.1. The standard InChI is InChI=1S/C16H20O3/c1-11-5-4-6-14(19-13(3)17)7-8-15-12(2)10-18-16(15)9-11/h5,7,10H,4,6,8-9H2,1-3H3/b11-5+,14-7+. The number of carbonyl (C=O) groups excluding carboxylic acids is 1. The number of allylic oxidation sites excluding steroid dienone is 4. The first kappa shape index (κ1) is 13.7. The van der Waals surface area contributed by atoms with Gasteiger partial charge in [-0.2, -0.15) is 0 Å². The van der Waals surface area contributed by atoms with E-state index in [1.54, 1.807) is 6.26 Å². The maximum Gasteiger partial charge on any atom is 0.307 e. The van der Waals surface area contributed by atoms with Crippen LogP contribution in [0.5, 0.6) is 0 Å². The van der Waals surface area contributed by atoms with E-state index in [9.17, 15) is 4.79 Å². The molecule has 3 heteroatoms. The highest BCUT2D eigenvalue weighted by molar-refractivity contribution is 5.67. The molecule has 0 spiro atoms. The van der Waals surface area contributed by atoms with E-state index >= 15 is 0 Å². The van der Waals surface area contributed by atoms with Crippen LogP contribution in [-0.4, -0.2) is 5.97 Å². The Morgan fingerprint density at radius 3 is 2.84 bits per heavy atom. The summed E-state index contributed by atoms with van der Waals surface area (Å²) < 4.78 is 10.9. The molecule has 0 amide bonds. The van der Waals surface area contributed by atoms with Gasteiger partial charge in [-0.15, -0.1) is 0 Å². The molecule has 1 aliphatic carbocycles. The molecular formula is C16H20O3. The minimum Gasteiger partial charge on any atom is -0.468 e. The lowest BCUT2D eigenvalue weighted by molar-refractivity contribution is -0.137. The van der Waals surface area contributed by atoms with E-state index in [0.29, 0.717) is 0 Å². The molecule has 0 radical (unpaired) electrons. The van der Waals surface area contributed by atoms with Crippen LogP contribution in [0.15, 0.2) is 34.2 Å². The third-order valence-corrected chi connectivity index (χ3v) is 3.32.